The van der Waals surface area contributed by atoms with Gasteiger partial charge in [-0.05, 0) is 42.7 Å². The van der Waals surface area contributed by atoms with Crippen molar-refractivity contribution in [1.82, 2.24) is 14.1 Å². The summed E-state index contributed by atoms with van der Waals surface area (Å²) < 4.78 is 3.71. The predicted molar refractivity (Wildman–Crippen MR) is 91.1 cm³/mol. The van der Waals surface area contributed by atoms with Gasteiger partial charge in [-0.25, -0.2) is 4.98 Å². The number of rotatable bonds is 6. The molecule has 6 nitrogen and oxygen atoms in total. The Bertz CT molecular complexity index is 805. The summed E-state index contributed by atoms with van der Waals surface area (Å²) in [5, 5.41) is 30.1. The average Bonchev–Trinajstić information content (AvgIpc) is 3.17. The zero-order valence-electron chi connectivity index (χ0n) is 13.6. The minimum absolute atomic E-state index is 0.0665. The molecule has 3 rings (SSSR count). The Morgan fingerprint density at radius 1 is 1.04 bits per heavy atom. The number of aromatic hydroxyl groups is 3. The molecule has 24 heavy (non-hydrogen) atoms. The molecule has 1 aromatic carbocycles. The van der Waals surface area contributed by atoms with E-state index in [2.05, 4.69) is 4.98 Å². The SMILES string of the molecule is CCc1c(O)c(O)n(CCCn2ccnc2)c1-c1ccc(O)cc1. The maximum atomic E-state index is 10.3. The highest BCUT2D eigenvalue weighted by Gasteiger charge is 2.22. The summed E-state index contributed by atoms with van der Waals surface area (Å²) in [4.78, 5) is 4.01. The molecular formula is C18H21N3O3. The van der Waals surface area contributed by atoms with E-state index < -0.39 is 0 Å². The quantitative estimate of drug-likeness (QED) is 0.649. The first kappa shape index (κ1) is 16.0. The molecule has 0 radical (unpaired) electrons. The number of phenols is 1. The number of imidazole rings is 1. The van der Waals surface area contributed by atoms with Crippen molar-refractivity contribution in [3.63, 3.8) is 0 Å². The van der Waals surface area contributed by atoms with Gasteiger partial charge in [-0.1, -0.05) is 6.92 Å². The number of benzene rings is 1. The van der Waals surface area contributed by atoms with Crippen LogP contribution in [0.1, 0.15) is 18.9 Å². The third kappa shape index (κ3) is 2.95. The van der Waals surface area contributed by atoms with E-state index in [-0.39, 0.29) is 17.4 Å². The van der Waals surface area contributed by atoms with Gasteiger partial charge in [0.1, 0.15) is 5.75 Å². The van der Waals surface area contributed by atoms with Gasteiger partial charge in [0, 0.05) is 31.0 Å². The van der Waals surface area contributed by atoms with Crippen molar-refractivity contribution in [3.8, 4) is 28.6 Å². The first-order chi connectivity index (χ1) is 11.6. The second kappa shape index (κ2) is 6.70. The van der Waals surface area contributed by atoms with Gasteiger partial charge < -0.3 is 24.5 Å². The van der Waals surface area contributed by atoms with Gasteiger partial charge in [0.05, 0.1) is 12.0 Å². The molecule has 0 spiro atoms. The molecule has 3 aromatic rings. The molecule has 0 aliphatic heterocycles. The molecule has 2 heterocycles. The average molecular weight is 327 g/mol. The van der Waals surface area contributed by atoms with E-state index in [0.29, 0.717) is 18.5 Å². The monoisotopic (exact) mass is 327 g/mol. The van der Waals surface area contributed by atoms with Crippen molar-refractivity contribution in [2.24, 2.45) is 0 Å². The van der Waals surface area contributed by atoms with E-state index in [1.54, 1.807) is 41.4 Å². The summed E-state index contributed by atoms with van der Waals surface area (Å²) in [6, 6.07) is 6.78. The van der Waals surface area contributed by atoms with Crippen LogP contribution in [0.15, 0.2) is 43.0 Å². The van der Waals surface area contributed by atoms with Crippen molar-refractivity contribution >= 4 is 0 Å². The Morgan fingerprint density at radius 2 is 1.79 bits per heavy atom. The zero-order valence-corrected chi connectivity index (χ0v) is 13.6. The number of aryl methyl sites for hydroxylation is 1. The lowest BCUT2D eigenvalue weighted by Gasteiger charge is -2.12. The van der Waals surface area contributed by atoms with Crippen molar-refractivity contribution in [2.45, 2.75) is 32.9 Å². The van der Waals surface area contributed by atoms with Gasteiger partial charge in [0.15, 0.2) is 5.75 Å². The zero-order chi connectivity index (χ0) is 17.1. The molecule has 0 amide bonds. The Hall–Kier alpha value is -2.89. The second-order valence-corrected chi connectivity index (χ2v) is 5.71. The van der Waals surface area contributed by atoms with Gasteiger partial charge in [-0.2, -0.15) is 0 Å². The molecule has 0 aliphatic carbocycles. The van der Waals surface area contributed by atoms with Gasteiger partial charge in [-0.3, -0.25) is 0 Å². The molecule has 0 saturated carbocycles. The van der Waals surface area contributed by atoms with E-state index in [9.17, 15) is 15.3 Å². The number of hydrogen-bond acceptors (Lipinski definition) is 4. The molecule has 6 heteroatoms. The molecule has 0 fully saturated rings. The van der Waals surface area contributed by atoms with Crippen LogP contribution in [0, 0.1) is 0 Å². The first-order valence-corrected chi connectivity index (χ1v) is 8.00. The van der Waals surface area contributed by atoms with Crippen LogP contribution in [-0.4, -0.2) is 29.4 Å². The fourth-order valence-electron chi connectivity index (χ4n) is 2.98. The van der Waals surface area contributed by atoms with E-state index in [1.165, 1.54) is 0 Å². The van der Waals surface area contributed by atoms with Crippen molar-refractivity contribution < 1.29 is 15.3 Å². The fraction of sp³-hybridized carbons (Fsp3) is 0.278. The topological polar surface area (TPSA) is 83.4 Å². The van der Waals surface area contributed by atoms with E-state index >= 15 is 0 Å². The molecule has 0 unspecified atom stereocenters. The highest BCUT2D eigenvalue weighted by molar-refractivity contribution is 5.71. The van der Waals surface area contributed by atoms with Gasteiger partial charge in [0.25, 0.3) is 0 Å². The number of nitrogens with zero attached hydrogens (tertiary/aromatic N) is 3. The fourth-order valence-corrected chi connectivity index (χ4v) is 2.98. The number of aromatic nitrogens is 3. The van der Waals surface area contributed by atoms with E-state index in [0.717, 1.165) is 24.2 Å². The molecule has 0 saturated heterocycles. The Kier molecular flexibility index (Phi) is 4.46. The molecule has 0 bridgehead atoms. The maximum Gasteiger partial charge on any atom is 0.235 e. The van der Waals surface area contributed by atoms with Crippen LogP contribution >= 0.6 is 0 Å². The lowest BCUT2D eigenvalue weighted by atomic mass is 10.1. The largest absolute Gasteiger partial charge is 0.508 e. The van der Waals surface area contributed by atoms with Crippen LogP contribution in [0.3, 0.4) is 0 Å². The highest BCUT2D eigenvalue weighted by atomic mass is 16.3. The van der Waals surface area contributed by atoms with Crippen LogP contribution in [0.5, 0.6) is 17.4 Å². The highest BCUT2D eigenvalue weighted by Crippen LogP contribution is 2.41. The standard InChI is InChI=1S/C18H21N3O3/c1-2-15-16(13-4-6-14(22)7-5-13)21(18(24)17(15)23)10-3-9-20-11-8-19-12-20/h4-8,11-12,22-24H,2-3,9-10H2,1H3. The summed E-state index contributed by atoms with van der Waals surface area (Å²) in [6.45, 7) is 3.27. The smallest absolute Gasteiger partial charge is 0.235 e. The Balaban J connectivity index is 1.93. The van der Waals surface area contributed by atoms with Crippen LogP contribution < -0.4 is 0 Å². The summed E-state index contributed by atoms with van der Waals surface area (Å²) in [5.74, 6) is 0.00668. The van der Waals surface area contributed by atoms with Crippen LogP contribution in [-0.2, 0) is 19.5 Å². The number of hydrogen-bond donors (Lipinski definition) is 3. The van der Waals surface area contributed by atoms with Gasteiger partial charge in [-0.15, -0.1) is 0 Å². The van der Waals surface area contributed by atoms with Crippen molar-refractivity contribution in [2.75, 3.05) is 0 Å². The molecule has 0 atom stereocenters. The lowest BCUT2D eigenvalue weighted by Crippen LogP contribution is -2.04. The van der Waals surface area contributed by atoms with Crippen molar-refractivity contribution in [3.05, 3.63) is 48.5 Å². The molecule has 0 aliphatic rings. The maximum absolute atomic E-state index is 10.3. The van der Waals surface area contributed by atoms with Crippen LogP contribution in [0.2, 0.25) is 0 Å². The second-order valence-electron chi connectivity index (χ2n) is 5.71. The molecular weight excluding hydrogens is 306 g/mol. The number of phenolic OH excluding ortho intramolecular Hbond substituents is 1. The van der Waals surface area contributed by atoms with Gasteiger partial charge >= 0.3 is 0 Å². The molecule has 2 aromatic heterocycles. The summed E-state index contributed by atoms with van der Waals surface area (Å²) in [7, 11) is 0. The summed E-state index contributed by atoms with van der Waals surface area (Å²) in [6.07, 6.45) is 6.77. The lowest BCUT2D eigenvalue weighted by molar-refractivity contribution is 0.367. The van der Waals surface area contributed by atoms with Crippen LogP contribution in [0.25, 0.3) is 11.3 Å². The van der Waals surface area contributed by atoms with Crippen molar-refractivity contribution in [1.29, 1.82) is 0 Å². The third-order valence-electron chi connectivity index (χ3n) is 4.16. The summed E-state index contributed by atoms with van der Waals surface area (Å²) >= 11 is 0. The predicted octanol–water partition coefficient (Wildman–Crippen LogP) is 3.12. The van der Waals surface area contributed by atoms with Gasteiger partial charge in [0.2, 0.25) is 5.88 Å². The normalized spacial score (nSPS) is 11.0. The first-order valence-electron chi connectivity index (χ1n) is 8.00. The van der Waals surface area contributed by atoms with Crippen LogP contribution in [0.4, 0.5) is 0 Å². The molecule has 3 N–H and O–H groups in total. The van der Waals surface area contributed by atoms with E-state index in [4.69, 9.17) is 0 Å². The Labute approximate surface area is 140 Å². The third-order valence-corrected chi connectivity index (χ3v) is 4.16. The minimum Gasteiger partial charge on any atom is -0.508 e. The van der Waals surface area contributed by atoms with E-state index in [1.807, 2.05) is 17.7 Å². The molecule has 126 valence electrons. The minimum atomic E-state index is -0.111. The summed E-state index contributed by atoms with van der Waals surface area (Å²) in [5.41, 5.74) is 2.35. The Morgan fingerprint density at radius 3 is 2.42 bits per heavy atom.